The molecule has 0 aromatic carbocycles. The van der Waals surface area contributed by atoms with Crippen molar-refractivity contribution < 1.29 is 4.79 Å². The van der Waals surface area contributed by atoms with Crippen LogP contribution in [0, 0.1) is 0 Å². The van der Waals surface area contributed by atoms with E-state index in [1.165, 1.54) is 25.7 Å². The number of carbonyl (C=O) groups is 1. The lowest BCUT2D eigenvalue weighted by Crippen LogP contribution is -2.35. The summed E-state index contributed by atoms with van der Waals surface area (Å²) in [7, 11) is 0. The van der Waals surface area contributed by atoms with Gasteiger partial charge in [-0.15, -0.1) is 0 Å². The van der Waals surface area contributed by atoms with Gasteiger partial charge in [-0.05, 0) is 54.0 Å². The first-order valence-corrected chi connectivity index (χ1v) is 7.68. The summed E-state index contributed by atoms with van der Waals surface area (Å²) in [6.45, 7) is 3.93. The van der Waals surface area contributed by atoms with E-state index in [9.17, 15) is 4.79 Å². The van der Waals surface area contributed by atoms with E-state index in [2.05, 4.69) is 31.1 Å². The second-order valence-electron chi connectivity index (χ2n) is 4.86. The zero-order valence-electron chi connectivity index (χ0n) is 11.1. The molecular weight excluding hydrogens is 306 g/mol. The third-order valence-electron chi connectivity index (χ3n) is 3.36. The van der Waals surface area contributed by atoms with Gasteiger partial charge in [0.25, 0.3) is 5.91 Å². The third kappa shape index (κ3) is 4.91. The highest BCUT2D eigenvalue weighted by atomic mass is 79.9. The maximum absolute atomic E-state index is 11.9. The molecule has 0 unspecified atom stereocenters. The van der Waals surface area contributed by atoms with E-state index < -0.39 is 0 Å². The minimum Gasteiger partial charge on any atom is -0.349 e. The van der Waals surface area contributed by atoms with Gasteiger partial charge in [0.2, 0.25) is 0 Å². The summed E-state index contributed by atoms with van der Waals surface area (Å²) in [6, 6.07) is 5.36. The lowest BCUT2D eigenvalue weighted by atomic mass is 10.2. The Bertz CT molecular complexity index is 417. The SMILES string of the molecule is O=C(NCCN1CCCCCC1)c1cccc(Br)n1. The second kappa shape index (κ2) is 7.60. The van der Waals surface area contributed by atoms with E-state index in [-0.39, 0.29) is 5.91 Å². The molecule has 0 atom stereocenters. The van der Waals surface area contributed by atoms with E-state index in [1.54, 1.807) is 6.07 Å². The molecule has 1 aliphatic rings. The van der Waals surface area contributed by atoms with Crippen LogP contribution in [0.1, 0.15) is 36.2 Å². The third-order valence-corrected chi connectivity index (χ3v) is 3.80. The lowest BCUT2D eigenvalue weighted by molar-refractivity contribution is 0.0943. The number of hydrogen-bond donors (Lipinski definition) is 1. The van der Waals surface area contributed by atoms with Crippen LogP contribution in [0.25, 0.3) is 0 Å². The predicted octanol–water partition coefficient (Wildman–Crippen LogP) is 2.45. The molecule has 5 heteroatoms. The van der Waals surface area contributed by atoms with E-state index in [4.69, 9.17) is 0 Å². The average molecular weight is 326 g/mol. The molecule has 2 rings (SSSR count). The van der Waals surface area contributed by atoms with Crippen LogP contribution in [0.3, 0.4) is 0 Å². The molecule has 1 aromatic rings. The van der Waals surface area contributed by atoms with Gasteiger partial charge in [-0.2, -0.15) is 0 Å². The molecule has 104 valence electrons. The second-order valence-corrected chi connectivity index (χ2v) is 5.67. The van der Waals surface area contributed by atoms with E-state index in [0.29, 0.717) is 16.8 Å². The molecule has 1 aliphatic heterocycles. The molecule has 0 aliphatic carbocycles. The summed E-state index contributed by atoms with van der Waals surface area (Å²) < 4.78 is 0.688. The number of rotatable bonds is 4. The van der Waals surface area contributed by atoms with Gasteiger partial charge in [-0.1, -0.05) is 18.9 Å². The van der Waals surface area contributed by atoms with Crippen molar-refractivity contribution in [1.82, 2.24) is 15.2 Å². The zero-order chi connectivity index (χ0) is 13.5. The minimum absolute atomic E-state index is 0.101. The average Bonchev–Trinajstić information content (AvgIpc) is 2.67. The van der Waals surface area contributed by atoms with Gasteiger partial charge in [0.15, 0.2) is 0 Å². The van der Waals surface area contributed by atoms with Gasteiger partial charge in [0.1, 0.15) is 10.3 Å². The zero-order valence-corrected chi connectivity index (χ0v) is 12.7. The topological polar surface area (TPSA) is 45.2 Å². The quantitative estimate of drug-likeness (QED) is 0.865. The molecule has 1 amide bonds. The normalized spacial score (nSPS) is 16.9. The smallest absolute Gasteiger partial charge is 0.269 e. The Morgan fingerprint density at radius 3 is 2.68 bits per heavy atom. The molecule has 0 bridgehead atoms. The molecule has 0 spiro atoms. The Morgan fingerprint density at radius 1 is 1.26 bits per heavy atom. The molecule has 1 saturated heterocycles. The highest BCUT2D eigenvalue weighted by molar-refractivity contribution is 9.10. The Morgan fingerprint density at radius 2 is 2.00 bits per heavy atom. The Kier molecular flexibility index (Phi) is 5.79. The number of halogens is 1. The van der Waals surface area contributed by atoms with Crippen LogP contribution in [0.4, 0.5) is 0 Å². The molecule has 1 fully saturated rings. The number of carbonyl (C=O) groups excluding carboxylic acids is 1. The summed E-state index contributed by atoms with van der Waals surface area (Å²) in [5.41, 5.74) is 0.463. The van der Waals surface area contributed by atoms with Crippen LogP contribution >= 0.6 is 15.9 Å². The fourth-order valence-corrected chi connectivity index (χ4v) is 2.66. The van der Waals surface area contributed by atoms with Crippen molar-refractivity contribution in [2.45, 2.75) is 25.7 Å². The molecule has 0 radical (unpaired) electrons. The first kappa shape index (κ1) is 14.5. The molecule has 4 nitrogen and oxygen atoms in total. The number of nitrogens with zero attached hydrogens (tertiary/aromatic N) is 2. The van der Waals surface area contributed by atoms with E-state index >= 15 is 0 Å². The van der Waals surface area contributed by atoms with Crippen LogP contribution in [-0.2, 0) is 0 Å². The Labute approximate surface area is 122 Å². The summed E-state index contributed by atoms with van der Waals surface area (Å²) in [6.07, 6.45) is 5.23. The summed E-state index contributed by atoms with van der Waals surface area (Å²) in [5, 5.41) is 2.93. The highest BCUT2D eigenvalue weighted by Crippen LogP contribution is 2.09. The van der Waals surface area contributed by atoms with Crippen molar-refractivity contribution in [2.24, 2.45) is 0 Å². The van der Waals surface area contributed by atoms with Crippen molar-refractivity contribution in [1.29, 1.82) is 0 Å². The van der Waals surface area contributed by atoms with E-state index in [0.717, 1.165) is 19.6 Å². The number of amides is 1. The highest BCUT2D eigenvalue weighted by Gasteiger charge is 2.10. The predicted molar refractivity (Wildman–Crippen MR) is 79.2 cm³/mol. The fourth-order valence-electron chi connectivity index (χ4n) is 2.31. The van der Waals surface area contributed by atoms with Crippen molar-refractivity contribution in [3.63, 3.8) is 0 Å². The molecular formula is C14H20BrN3O. The fraction of sp³-hybridized carbons (Fsp3) is 0.571. The lowest BCUT2D eigenvalue weighted by Gasteiger charge is -2.19. The Hall–Kier alpha value is -0.940. The summed E-state index contributed by atoms with van der Waals surface area (Å²) >= 11 is 3.27. The largest absolute Gasteiger partial charge is 0.349 e. The number of likely N-dealkylation sites (tertiary alicyclic amines) is 1. The van der Waals surface area contributed by atoms with Crippen molar-refractivity contribution >= 4 is 21.8 Å². The van der Waals surface area contributed by atoms with Gasteiger partial charge in [0.05, 0.1) is 0 Å². The van der Waals surface area contributed by atoms with Crippen LogP contribution in [0.15, 0.2) is 22.8 Å². The van der Waals surface area contributed by atoms with Gasteiger partial charge >= 0.3 is 0 Å². The van der Waals surface area contributed by atoms with Crippen LogP contribution in [0.2, 0.25) is 0 Å². The monoisotopic (exact) mass is 325 g/mol. The van der Waals surface area contributed by atoms with Crippen molar-refractivity contribution in [3.8, 4) is 0 Å². The van der Waals surface area contributed by atoms with Gasteiger partial charge in [-0.25, -0.2) is 4.98 Å². The number of nitrogens with one attached hydrogen (secondary N) is 1. The molecule has 19 heavy (non-hydrogen) atoms. The van der Waals surface area contributed by atoms with Crippen LogP contribution in [0.5, 0.6) is 0 Å². The maximum Gasteiger partial charge on any atom is 0.269 e. The first-order chi connectivity index (χ1) is 9.25. The van der Waals surface area contributed by atoms with Gasteiger partial charge in [0, 0.05) is 13.1 Å². The van der Waals surface area contributed by atoms with Gasteiger partial charge < -0.3 is 10.2 Å². The Balaban J connectivity index is 1.74. The standard InChI is InChI=1S/C14H20BrN3O/c15-13-7-5-6-12(17-13)14(19)16-8-11-18-9-3-1-2-4-10-18/h5-7H,1-4,8-11H2,(H,16,19). The number of pyridine rings is 1. The van der Waals surface area contributed by atoms with Crippen LogP contribution < -0.4 is 5.32 Å². The summed E-state index contributed by atoms with van der Waals surface area (Å²) in [5.74, 6) is -0.101. The minimum atomic E-state index is -0.101. The maximum atomic E-state index is 11.9. The van der Waals surface area contributed by atoms with Crippen LogP contribution in [-0.4, -0.2) is 42.0 Å². The number of hydrogen-bond acceptors (Lipinski definition) is 3. The summed E-state index contributed by atoms with van der Waals surface area (Å²) in [4.78, 5) is 18.5. The van der Waals surface area contributed by atoms with Crippen molar-refractivity contribution in [3.05, 3.63) is 28.5 Å². The molecule has 2 heterocycles. The molecule has 0 saturated carbocycles. The molecule has 1 aromatic heterocycles. The number of aromatic nitrogens is 1. The van der Waals surface area contributed by atoms with Crippen molar-refractivity contribution in [2.75, 3.05) is 26.2 Å². The van der Waals surface area contributed by atoms with Gasteiger partial charge in [-0.3, -0.25) is 4.79 Å². The first-order valence-electron chi connectivity index (χ1n) is 6.89. The van der Waals surface area contributed by atoms with E-state index in [1.807, 2.05) is 12.1 Å². The molecule has 1 N–H and O–H groups in total.